The molecule has 1 atom stereocenters. The van der Waals surface area contributed by atoms with Crippen molar-refractivity contribution in [2.24, 2.45) is 0 Å². The van der Waals surface area contributed by atoms with Crippen LogP contribution in [0.1, 0.15) is 20.3 Å². The Bertz CT molecular complexity index is 547. The van der Waals surface area contributed by atoms with Gasteiger partial charge in [-0.1, -0.05) is 19.1 Å². The Labute approximate surface area is 131 Å². The standard InChI is InChI=1S/C16H23N3O3/c1-4-9-17-16(21)18-10-11-19(15(20)12(18)2)13-7-5-6-8-14(13)22-3/h5-8,12H,4,9-11H2,1-3H3,(H,17,21)/t12-/m0/s1. The maximum atomic E-state index is 12.6. The molecular weight excluding hydrogens is 282 g/mol. The minimum Gasteiger partial charge on any atom is -0.495 e. The highest BCUT2D eigenvalue weighted by molar-refractivity contribution is 6.01. The molecule has 1 heterocycles. The summed E-state index contributed by atoms with van der Waals surface area (Å²) in [5.74, 6) is 0.564. The number of benzene rings is 1. The fourth-order valence-corrected chi connectivity index (χ4v) is 2.57. The van der Waals surface area contributed by atoms with Gasteiger partial charge in [-0.15, -0.1) is 0 Å². The molecular formula is C16H23N3O3. The molecule has 1 saturated heterocycles. The van der Waals surface area contributed by atoms with Gasteiger partial charge in [0.05, 0.1) is 12.8 Å². The lowest BCUT2D eigenvalue weighted by Crippen LogP contribution is -2.59. The van der Waals surface area contributed by atoms with Gasteiger partial charge in [0.25, 0.3) is 0 Å². The predicted molar refractivity (Wildman–Crippen MR) is 85.2 cm³/mol. The molecule has 120 valence electrons. The van der Waals surface area contributed by atoms with Crippen molar-refractivity contribution in [3.05, 3.63) is 24.3 Å². The first-order chi connectivity index (χ1) is 10.6. The maximum Gasteiger partial charge on any atom is 0.318 e. The zero-order chi connectivity index (χ0) is 16.1. The lowest BCUT2D eigenvalue weighted by molar-refractivity contribution is -0.124. The number of nitrogens with one attached hydrogen (secondary N) is 1. The number of para-hydroxylation sites is 2. The highest BCUT2D eigenvalue weighted by Crippen LogP contribution is 2.30. The van der Waals surface area contributed by atoms with Gasteiger partial charge in [0, 0.05) is 19.6 Å². The van der Waals surface area contributed by atoms with Crippen molar-refractivity contribution in [2.75, 3.05) is 31.6 Å². The van der Waals surface area contributed by atoms with Gasteiger partial charge in [-0.3, -0.25) is 4.79 Å². The second kappa shape index (κ2) is 7.15. The van der Waals surface area contributed by atoms with Gasteiger partial charge in [0.2, 0.25) is 5.91 Å². The number of urea groups is 1. The van der Waals surface area contributed by atoms with Crippen LogP contribution in [0, 0.1) is 0 Å². The van der Waals surface area contributed by atoms with E-state index in [0.29, 0.717) is 25.4 Å². The summed E-state index contributed by atoms with van der Waals surface area (Å²) in [5.41, 5.74) is 0.746. The third-order valence-electron chi connectivity index (χ3n) is 3.82. The third-order valence-corrected chi connectivity index (χ3v) is 3.82. The van der Waals surface area contributed by atoms with E-state index in [1.807, 2.05) is 31.2 Å². The van der Waals surface area contributed by atoms with E-state index in [1.165, 1.54) is 0 Å². The van der Waals surface area contributed by atoms with Gasteiger partial charge >= 0.3 is 6.03 Å². The van der Waals surface area contributed by atoms with Crippen LogP contribution in [0.25, 0.3) is 0 Å². The third kappa shape index (κ3) is 3.16. The van der Waals surface area contributed by atoms with E-state index in [9.17, 15) is 9.59 Å². The normalized spacial score (nSPS) is 18.3. The fourth-order valence-electron chi connectivity index (χ4n) is 2.57. The largest absolute Gasteiger partial charge is 0.495 e. The molecule has 1 aliphatic heterocycles. The summed E-state index contributed by atoms with van der Waals surface area (Å²) in [6, 6.07) is 6.75. The van der Waals surface area contributed by atoms with Crippen LogP contribution in [0.15, 0.2) is 24.3 Å². The maximum absolute atomic E-state index is 12.6. The highest BCUT2D eigenvalue weighted by Gasteiger charge is 2.35. The number of hydrogen-bond donors (Lipinski definition) is 1. The van der Waals surface area contributed by atoms with Crippen LogP contribution in [0.2, 0.25) is 0 Å². The minimum atomic E-state index is -0.490. The molecule has 0 aliphatic carbocycles. The molecule has 1 aliphatic rings. The average Bonchev–Trinajstić information content (AvgIpc) is 2.55. The van der Waals surface area contributed by atoms with Crippen LogP contribution in [0.4, 0.5) is 10.5 Å². The summed E-state index contributed by atoms with van der Waals surface area (Å²) in [4.78, 5) is 28.0. The highest BCUT2D eigenvalue weighted by atomic mass is 16.5. The molecule has 0 radical (unpaired) electrons. The van der Waals surface area contributed by atoms with Gasteiger partial charge in [-0.25, -0.2) is 4.79 Å². The Balaban J connectivity index is 2.14. The van der Waals surface area contributed by atoms with Crippen LogP contribution in [-0.4, -0.2) is 49.6 Å². The molecule has 0 unspecified atom stereocenters. The van der Waals surface area contributed by atoms with Crippen LogP contribution < -0.4 is 15.0 Å². The van der Waals surface area contributed by atoms with E-state index in [1.54, 1.807) is 23.8 Å². The molecule has 3 amide bonds. The first-order valence-electron chi connectivity index (χ1n) is 7.59. The molecule has 2 rings (SSSR count). The van der Waals surface area contributed by atoms with Gasteiger partial charge in [-0.05, 0) is 25.5 Å². The Kier molecular flexibility index (Phi) is 5.25. The SMILES string of the molecule is CCCNC(=O)N1CCN(c2ccccc2OC)C(=O)[C@@H]1C. The Morgan fingerprint density at radius 1 is 1.36 bits per heavy atom. The summed E-state index contributed by atoms with van der Waals surface area (Å²) < 4.78 is 5.32. The first kappa shape index (κ1) is 16.1. The van der Waals surface area contributed by atoms with Gasteiger partial charge in [0.1, 0.15) is 11.8 Å². The van der Waals surface area contributed by atoms with E-state index in [0.717, 1.165) is 12.1 Å². The van der Waals surface area contributed by atoms with Crippen molar-refractivity contribution in [1.82, 2.24) is 10.2 Å². The van der Waals surface area contributed by atoms with E-state index >= 15 is 0 Å². The van der Waals surface area contributed by atoms with E-state index in [-0.39, 0.29) is 11.9 Å². The molecule has 0 bridgehead atoms. The fraction of sp³-hybridized carbons (Fsp3) is 0.500. The number of methoxy groups -OCH3 is 1. The number of rotatable bonds is 4. The number of carbonyl (C=O) groups is 2. The smallest absolute Gasteiger partial charge is 0.318 e. The quantitative estimate of drug-likeness (QED) is 0.923. The minimum absolute atomic E-state index is 0.0950. The second-order valence-corrected chi connectivity index (χ2v) is 5.26. The van der Waals surface area contributed by atoms with Gasteiger partial charge in [0.15, 0.2) is 0 Å². The molecule has 1 fully saturated rings. The topological polar surface area (TPSA) is 61.9 Å². The number of amides is 3. The molecule has 22 heavy (non-hydrogen) atoms. The lowest BCUT2D eigenvalue weighted by Gasteiger charge is -2.39. The first-order valence-corrected chi connectivity index (χ1v) is 7.59. The van der Waals surface area contributed by atoms with Crippen molar-refractivity contribution >= 4 is 17.6 Å². The Morgan fingerprint density at radius 2 is 2.09 bits per heavy atom. The zero-order valence-corrected chi connectivity index (χ0v) is 13.3. The van der Waals surface area contributed by atoms with Crippen LogP contribution >= 0.6 is 0 Å². The summed E-state index contributed by atoms with van der Waals surface area (Å²) in [6.07, 6.45) is 0.870. The van der Waals surface area contributed by atoms with E-state index in [4.69, 9.17) is 4.74 Å². The van der Waals surface area contributed by atoms with Crippen LogP contribution in [0.3, 0.4) is 0 Å². The molecule has 0 saturated carbocycles. The summed E-state index contributed by atoms with van der Waals surface area (Å²) >= 11 is 0. The molecule has 6 heteroatoms. The number of nitrogens with zero attached hydrogens (tertiary/aromatic N) is 2. The Morgan fingerprint density at radius 3 is 2.77 bits per heavy atom. The number of hydrogen-bond acceptors (Lipinski definition) is 3. The zero-order valence-electron chi connectivity index (χ0n) is 13.3. The number of carbonyl (C=O) groups excluding carboxylic acids is 2. The molecule has 1 aromatic carbocycles. The van der Waals surface area contributed by atoms with Crippen molar-refractivity contribution in [3.8, 4) is 5.75 Å². The molecule has 0 spiro atoms. The van der Waals surface area contributed by atoms with Crippen LogP contribution in [-0.2, 0) is 4.79 Å². The molecule has 1 aromatic rings. The summed E-state index contributed by atoms with van der Waals surface area (Å²) in [6.45, 7) is 5.33. The van der Waals surface area contributed by atoms with Gasteiger partial charge in [-0.2, -0.15) is 0 Å². The Hall–Kier alpha value is -2.24. The predicted octanol–water partition coefficient (Wildman–Crippen LogP) is 1.85. The number of ether oxygens (including phenoxy) is 1. The van der Waals surface area contributed by atoms with Crippen molar-refractivity contribution in [1.29, 1.82) is 0 Å². The van der Waals surface area contributed by atoms with Crippen molar-refractivity contribution in [3.63, 3.8) is 0 Å². The molecule has 1 N–H and O–H groups in total. The molecule has 6 nitrogen and oxygen atoms in total. The molecule has 0 aromatic heterocycles. The van der Waals surface area contributed by atoms with Crippen LogP contribution in [0.5, 0.6) is 5.75 Å². The average molecular weight is 305 g/mol. The van der Waals surface area contributed by atoms with Crippen molar-refractivity contribution < 1.29 is 14.3 Å². The summed E-state index contributed by atoms with van der Waals surface area (Å²) in [7, 11) is 1.58. The summed E-state index contributed by atoms with van der Waals surface area (Å²) in [5, 5.41) is 2.82. The number of anilines is 1. The van der Waals surface area contributed by atoms with Gasteiger partial charge < -0.3 is 19.9 Å². The monoisotopic (exact) mass is 305 g/mol. The van der Waals surface area contributed by atoms with E-state index in [2.05, 4.69) is 5.32 Å². The number of piperazine rings is 1. The second-order valence-electron chi connectivity index (χ2n) is 5.26. The lowest BCUT2D eigenvalue weighted by atomic mass is 10.1. The van der Waals surface area contributed by atoms with E-state index < -0.39 is 6.04 Å². The van der Waals surface area contributed by atoms with Crippen molar-refractivity contribution in [2.45, 2.75) is 26.3 Å².